The first-order chi connectivity index (χ1) is 7.81. The van der Waals surface area contributed by atoms with E-state index in [-0.39, 0.29) is 13.0 Å². The third kappa shape index (κ3) is 11.1. The van der Waals surface area contributed by atoms with Crippen LogP contribution < -0.4 is 0 Å². The van der Waals surface area contributed by atoms with E-state index in [1.54, 1.807) is 19.6 Å². The third-order valence-electron chi connectivity index (χ3n) is 1.46. The van der Waals surface area contributed by atoms with Gasteiger partial charge >= 0.3 is 10.4 Å². The van der Waals surface area contributed by atoms with E-state index >= 15 is 0 Å². The predicted octanol–water partition coefficient (Wildman–Crippen LogP) is 0.854. The van der Waals surface area contributed by atoms with E-state index < -0.39 is 34.9 Å². The first-order valence-corrected chi connectivity index (χ1v) is 11.8. The predicted molar refractivity (Wildman–Crippen MR) is 69.3 cm³/mol. The Hall–Kier alpha value is -0.00312. The van der Waals surface area contributed by atoms with Gasteiger partial charge in [-0.1, -0.05) is 0 Å². The quantitative estimate of drug-likeness (QED) is 0.483. The lowest BCUT2D eigenvalue weighted by molar-refractivity contribution is 0.168. The standard InChI is InChI=1S/C8H20O7S2Si/c1-8(6-7-13-16(2,9)10)14-17(11,12)15-18(3,4)5/h8H,6-7H2,1-5H3. The average molecular weight is 320 g/mol. The van der Waals surface area contributed by atoms with E-state index in [2.05, 4.69) is 4.18 Å². The maximum atomic E-state index is 11.4. The summed E-state index contributed by atoms with van der Waals surface area (Å²) in [6.07, 6.45) is 0.332. The molecule has 1 unspecified atom stereocenters. The molecule has 0 saturated heterocycles. The highest BCUT2D eigenvalue weighted by molar-refractivity contribution is 7.86. The topological polar surface area (TPSA) is 96.0 Å². The van der Waals surface area contributed by atoms with Crippen molar-refractivity contribution in [1.82, 2.24) is 0 Å². The molecule has 0 aliphatic rings. The molecule has 0 radical (unpaired) electrons. The van der Waals surface area contributed by atoms with Gasteiger partial charge in [0.15, 0.2) is 0 Å². The van der Waals surface area contributed by atoms with Crippen molar-refractivity contribution in [2.24, 2.45) is 0 Å². The summed E-state index contributed by atoms with van der Waals surface area (Å²) >= 11 is 0. The molecule has 0 aromatic carbocycles. The van der Waals surface area contributed by atoms with Gasteiger partial charge in [0.1, 0.15) is 0 Å². The Bertz CT molecular complexity index is 448. The zero-order valence-electron chi connectivity index (χ0n) is 11.2. The van der Waals surface area contributed by atoms with Crippen LogP contribution in [-0.2, 0) is 32.8 Å². The van der Waals surface area contributed by atoms with Crippen molar-refractivity contribution in [3.63, 3.8) is 0 Å². The van der Waals surface area contributed by atoms with Gasteiger partial charge in [0.2, 0.25) is 8.32 Å². The normalized spacial score (nSPS) is 15.6. The molecule has 0 bridgehead atoms. The summed E-state index contributed by atoms with van der Waals surface area (Å²) in [7, 11) is -9.83. The van der Waals surface area contributed by atoms with E-state index in [9.17, 15) is 16.8 Å². The molecule has 0 amide bonds. The van der Waals surface area contributed by atoms with Crippen LogP contribution in [0.1, 0.15) is 13.3 Å². The van der Waals surface area contributed by atoms with E-state index in [1.807, 2.05) is 0 Å². The van der Waals surface area contributed by atoms with Gasteiger partial charge < -0.3 is 0 Å². The highest BCUT2D eigenvalue weighted by Gasteiger charge is 2.26. The lowest BCUT2D eigenvalue weighted by Gasteiger charge is -2.18. The first-order valence-electron chi connectivity index (χ1n) is 5.29. The molecule has 0 rings (SSSR count). The Labute approximate surface area is 110 Å². The fourth-order valence-corrected chi connectivity index (χ4v) is 4.44. The Balaban J connectivity index is 4.20. The molecule has 18 heavy (non-hydrogen) atoms. The highest BCUT2D eigenvalue weighted by atomic mass is 32.3. The minimum absolute atomic E-state index is 0.126. The van der Waals surface area contributed by atoms with Crippen molar-refractivity contribution in [3.8, 4) is 0 Å². The second-order valence-corrected chi connectivity index (χ2v) is 12.4. The summed E-state index contributed by atoms with van der Waals surface area (Å²) in [5.74, 6) is 0. The van der Waals surface area contributed by atoms with Crippen molar-refractivity contribution in [2.75, 3.05) is 12.9 Å². The van der Waals surface area contributed by atoms with Crippen molar-refractivity contribution in [2.45, 2.75) is 39.1 Å². The largest absolute Gasteiger partial charge is 0.390 e. The van der Waals surface area contributed by atoms with Crippen molar-refractivity contribution in [3.05, 3.63) is 0 Å². The van der Waals surface area contributed by atoms with Gasteiger partial charge in [0, 0.05) is 0 Å². The average Bonchev–Trinajstić information content (AvgIpc) is 1.93. The van der Waals surface area contributed by atoms with Gasteiger partial charge in [-0.15, -0.1) is 0 Å². The van der Waals surface area contributed by atoms with Crippen LogP contribution in [0, 0.1) is 0 Å². The smallest absolute Gasteiger partial charge is 0.294 e. The van der Waals surface area contributed by atoms with E-state index in [0.29, 0.717) is 0 Å². The van der Waals surface area contributed by atoms with Crippen molar-refractivity contribution < 1.29 is 29.1 Å². The summed E-state index contributed by atoms with van der Waals surface area (Å²) < 4.78 is 58.4. The Morgan fingerprint density at radius 2 is 1.61 bits per heavy atom. The van der Waals surface area contributed by atoms with E-state index in [0.717, 1.165) is 6.26 Å². The molecule has 0 aromatic rings. The molecule has 0 aliphatic carbocycles. The molecule has 0 N–H and O–H groups in total. The molecule has 0 aliphatic heterocycles. The summed E-state index contributed by atoms with van der Waals surface area (Å²) in [5, 5.41) is 0. The Morgan fingerprint density at radius 3 is 2.00 bits per heavy atom. The minimum atomic E-state index is -4.05. The minimum Gasteiger partial charge on any atom is -0.294 e. The molecule has 0 heterocycles. The molecule has 1 atom stereocenters. The monoisotopic (exact) mass is 320 g/mol. The van der Waals surface area contributed by atoms with Gasteiger partial charge in [-0.2, -0.15) is 16.8 Å². The van der Waals surface area contributed by atoms with Gasteiger partial charge in [-0.25, -0.2) is 4.18 Å². The van der Waals surface area contributed by atoms with Crippen LogP contribution in [0.4, 0.5) is 0 Å². The third-order valence-corrected chi connectivity index (χ3v) is 5.43. The number of rotatable bonds is 8. The SMILES string of the molecule is CC(CCOS(C)(=O)=O)OS(=O)(=O)O[Si](C)(C)C. The lowest BCUT2D eigenvalue weighted by Crippen LogP contribution is -2.32. The zero-order valence-corrected chi connectivity index (χ0v) is 13.8. The molecule has 0 saturated carbocycles. The summed E-state index contributed by atoms with van der Waals surface area (Å²) in [5.41, 5.74) is 0. The summed E-state index contributed by atoms with van der Waals surface area (Å²) in [6, 6.07) is 0. The summed E-state index contributed by atoms with van der Waals surface area (Å²) in [4.78, 5) is 0. The molecule has 0 aromatic heterocycles. The molecular weight excluding hydrogens is 300 g/mol. The maximum absolute atomic E-state index is 11.4. The number of hydrogen-bond donors (Lipinski definition) is 0. The fourth-order valence-electron chi connectivity index (χ4n) is 0.941. The molecule has 110 valence electrons. The van der Waals surface area contributed by atoms with Gasteiger partial charge in [0.05, 0.1) is 19.0 Å². The lowest BCUT2D eigenvalue weighted by atomic mass is 10.3. The second kappa shape index (κ2) is 6.44. The van der Waals surface area contributed by atoms with Crippen LogP contribution in [0.5, 0.6) is 0 Å². The van der Waals surface area contributed by atoms with Crippen LogP contribution in [0.15, 0.2) is 0 Å². The second-order valence-electron chi connectivity index (χ2n) is 4.83. The van der Waals surface area contributed by atoms with E-state index in [4.69, 9.17) is 8.06 Å². The number of hydrogen-bond acceptors (Lipinski definition) is 7. The Morgan fingerprint density at radius 1 is 1.11 bits per heavy atom. The van der Waals surface area contributed by atoms with E-state index in [1.165, 1.54) is 6.92 Å². The van der Waals surface area contributed by atoms with Crippen LogP contribution in [0.2, 0.25) is 19.6 Å². The van der Waals surface area contributed by atoms with Crippen molar-refractivity contribution in [1.29, 1.82) is 0 Å². The first kappa shape index (κ1) is 18.0. The highest BCUT2D eigenvalue weighted by Crippen LogP contribution is 2.13. The Kier molecular flexibility index (Phi) is 6.43. The maximum Gasteiger partial charge on any atom is 0.390 e. The molecular formula is C8H20O7S2Si. The van der Waals surface area contributed by atoms with Crippen molar-refractivity contribution >= 4 is 28.8 Å². The van der Waals surface area contributed by atoms with Gasteiger partial charge in [-0.3, -0.25) is 8.06 Å². The summed E-state index contributed by atoms with van der Waals surface area (Å²) in [6.45, 7) is 6.50. The molecule has 0 spiro atoms. The van der Waals surface area contributed by atoms with Gasteiger partial charge in [-0.05, 0) is 33.0 Å². The van der Waals surface area contributed by atoms with Gasteiger partial charge in [0.25, 0.3) is 10.1 Å². The zero-order chi connectivity index (χ0) is 14.6. The van der Waals surface area contributed by atoms with Crippen LogP contribution in [0.3, 0.4) is 0 Å². The fraction of sp³-hybridized carbons (Fsp3) is 1.00. The molecule has 0 fully saturated rings. The van der Waals surface area contributed by atoms with Crippen LogP contribution in [0.25, 0.3) is 0 Å². The van der Waals surface area contributed by atoms with Crippen LogP contribution >= 0.6 is 0 Å². The molecule has 10 heteroatoms. The van der Waals surface area contributed by atoms with Crippen LogP contribution in [-0.4, -0.2) is 44.1 Å². The molecule has 7 nitrogen and oxygen atoms in total.